The van der Waals surface area contributed by atoms with Gasteiger partial charge in [0.25, 0.3) is 5.56 Å². The molecule has 0 saturated carbocycles. The highest BCUT2D eigenvalue weighted by Gasteiger charge is 2.20. The van der Waals surface area contributed by atoms with E-state index in [1.807, 2.05) is 26.0 Å². The lowest BCUT2D eigenvalue weighted by Crippen LogP contribution is -2.23. The van der Waals surface area contributed by atoms with Crippen LogP contribution in [-0.2, 0) is 26.4 Å². The van der Waals surface area contributed by atoms with Crippen molar-refractivity contribution >= 4 is 0 Å². The Kier molecular flexibility index (Phi) is 4.66. The van der Waals surface area contributed by atoms with Crippen LogP contribution in [0, 0.1) is 6.92 Å². The van der Waals surface area contributed by atoms with Crippen LogP contribution < -0.4 is 11.3 Å². The Morgan fingerprint density at radius 1 is 1.18 bits per heavy atom. The summed E-state index contributed by atoms with van der Waals surface area (Å²) in [6, 6.07) is 4.03. The van der Waals surface area contributed by atoms with E-state index in [1.165, 1.54) is 4.68 Å². The lowest BCUT2D eigenvalue weighted by molar-refractivity contribution is 0.460. The summed E-state index contributed by atoms with van der Waals surface area (Å²) in [6.45, 7) is 6.23. The van der Waals surface area contributed by atoms with Crippen molar-refractivity contribution < 1.29 is 5.11 Å². The molecule has 0 spiro atoms. The number of rotatable bonds is 4. The predicted molar refractivity (Wildman–Crippen MR) is 88.0 cm³/mol. The minimum Gasteiger partial charge on any atom is -0.505 e. The molecule has 1 aromatic heterocycles. The molecule has 118 valence electrons. The third kappa shape index (κ3) is 2.64. The summed E-state index contributed by atoms with van der Waals surface area (Å²) in [6.07, 6.45) is 1.53. The topological polar surface area (TPSA) is 81.1 Å². The fraction of sp³-hybridized carbons (Fsp3) is 0.412. The molecule has 0 unspecified atom stereocenters. The van der Waals surface area contributed by atoms with Gasteiger partial charge in [-0.3, -0.25) is 4.79 Å². The summed E-state index contributed by atoms with van der Waals surface area (Å²) >= 11 is 0. The SMILES string of the molecule is CCc1cc(CN)cc(CC)c1-c1c(O)c(C)nn(C)c1=O. The summed E-state index contributed by atoms with van der Waals surface area (Å²) in [4.78, 5) is 12.5. The Bertz CT molecular complexity index is 738. The quantitative estimate of drug-likeness (QED) is 0.905. The third-order valence-electron chi connectivity index (χ3n) is 4.00. The third-order valence-corrected chi connectivity index (χ3v) is 4.00. The van der Waals surface area contributed by atoms with Crippen LogP contribution in [0.5, 0.6) is 5.75 Å². The van der Waals surface area contributed by atoms with Crippen molar-refractivity contribution in [2.24, 2.45) is 12.8 Å². The van der Waals surface area contributed by atoms with Crippen LogP contribution in [0.1, 0.15) is 36.2 Å². The molecule has 0 radical (unpaired) electrons. The molecule has 3 N–H and O–H groups in total. The Morgan fingerprint density at radius 2 is 1.73 bits per heavy atom. The second kappa shape index (κ2) is 6.32. The predicted octanol–water partition coefficient (Wildman–Crippen LogP) is 2.04. The van der Waals surface area contributed by atoms with Crippen molar-refractivity contribution in [2.45, 2.75) is 40.2 Å². The van der Waals surface area contributed by atoms with Gasteiger partial charge >= 0.3 is 0 Å². The second-order valence-corrected chi connectivity index (χ2v) is 5.44. The molecule has 5 nitrogen and oxygen atoms in total. The monoisotopic (exact) mass is 301 g/mol. The van der Waals surface area contributed by atoms with Gasteiger partial charge in [0.15, 0.2) is 5.75 Å². The van der Waals surface area contributed by atoms with Crippen molar-refractivity contribution in [1.29, 1.82) is 0 Å². The van der Waals surface area contributed by atoms with Gasteiger partial charge in [0.1, 0.15) is 5.69 Å². The van der Waals surface area contributed by atoms with Gasteiger partial charge in [-0.1, -0.05) is 26.0 Å². The van der Waals surface area contributed by atoms with Crippen molar-refractivity contribution in [3.05, 3.63) is 44.9 Å². The highest BCUT2D eigenvalue weighted by molar-refractivity contribution is 5.76. The average molecular weight is 301 g/mol. The van der Waals surface area contributed by atoms with Crippen LogP contribution in [0.3, 0.4) is 0 Å². The Morgan fingerprint density at radius 3 is 2.18 bits per heavy atom. The first kappa shape index (κ1) is 16.2. The first-order valence-corrected chi connectivity index (χ1v) is 7.56. The number of aromatic hydroxyl groups is 1. The molecule has 0 aliphatic carbocycles. The normalized spacial score (nSPS) is 11.0. The fourth-order valence-corrected chi connectivity index (χ4v) is 2.82. The molecule has 5 heteroatoms. The largest absolute Gasteiger partial charge is 0.505 e. The molecule has 0 aliphatic heterocycles. The molecule has 22 heavy (non-hydrogen) atoms. The van der Waals surface area contributed by atoms with Crippen molar-refractivity contribution in [1.82, 2.24) is 9.78 Å². The van der Waals surface area contributed by atoms with E-state index in [-0.39, 0.29) is 11.3 Å². The van der Waals surface area contributed by atoms with Gasteiger partial charge in [-0.15, -0.1) is 0 Å². The van der Waals surface area contributed by atoms with E-state index in [4.69, 9.17) is 5.73 Å². The molecule has 2 rings (SSSR count). The molecular formula is C17H23N3O2. The first-order chi connectivity index (χ1) is 10.4. The summed E-state index contributed by atoms with van der Waals surface area (Å²) < 4.78 is 1.28. The smallest absolute Gasteiger partial charge is 0.278 e. The van der Waals surface area contributed by atoms with Gasteiger partial charge in [-0.2, -0.15) is 5.10 Å². The van der Waals surface area contributed by atoms with E-state index in [0.717, 1.165) is 35.1 Å². The van der Waals surface area contributed by atoms with Gasteiger partial charge in [0.05, 0.1) is 5.56 Å². The summed E-state index contributed by atoms with van der Waals surface area (Å²) in [7, 11) is 1.60. The highest BCUT2D eigenvalue weighted by Crippen LogP contribution is 2.34. The maximum atomic E-state index is 12.5. The molecule has 1 aromatic carbocycles. The number of hydrogen-bond donors (Lipinski definition) is 2. The van der Waals surface area contributed by atoms with E-state index in [1.54, 1.807) is 14.0 Å². The minimum absolute atomic E-state index is 0.0343. The summed E-state index contributed by atoms with van der Waals surface area (Å²) in [5.74, 6) is -0.0343. The summed E-state index contributed by atoms with van der Waals surface area (Å²) in [5, 5.41) is 14.5. The van der Waals surface area contributed by atoms with Gasteiger partial charge in [0, 0.05) is 13.6 Å². The fourth-order valence-electron chi connectivity index (χ4n) is 2.82. The molecule has 0 fully saturated rings. The maximum absolute atomic E-state index is 12.5. The first-order valence-electron chi connectivity index (χ1n) is 7.56. The maximum Gasteiger partial charge on any atom is 0.278 e. The van der Waals surface area contributed by atoms with Gasteiger partial charge in [0.2, 0.25) is 0 Å². The van der Waals surface area contributed by atoms with Crippen LogP contribution in [0.2, 0.25) is 0 Å². The zero-order valence-corrected chi connectivity index (χ0v) is 13.6. The van der Waals surface area contributed by atoms with E-state index >= 15 is 0 Å². The van der Waals surface area contributed by atoms with E-state index in [9.17, 15) is 9.90 Å². The van der Waals surface area contributed by atoms with E-state index in [2.05, 4.69) is 5.10 Å². The molecule has 0 bridgehead atoms. The lowest BCUT2D eigenvalue weighted by atomic mass is 9.89. The number of benzene rings is 1. The Balaban J connectivity index is 2.92. The van der Waals surface area contributed by atoms with Gasteiger partial charge in [-0.25, -0.2) is 4.68 Å². The zero-order valence-electron chi connectivity index (χ0n) is 13.6. The number of nitrogens with two attached hydrogens (primary N) is 1. The van der Waals surface area contributed by atoms with Gasteiger partial charge < -0.3 is 10.8 Å². The van der Waals surface area contributed by atoms with Gasteiger partial charge in [-0.05, 0) is 42.0 Å². The number of aryl methyl sites for hydroxylation is 4. The molecule has 0 aliphatic rings. The van der Waals surface area contributed by atoms with E-state index in [0.29, 0.717) is 17.8 Å². The second-order valence-electron chi connectivity index (χ2n) is 5.44. The van der Waals surface area contributed by atoms with Crippen LogP contribution in [0.15, 0.2) is 16.9 Å². The zero-order chi connectivity index (χ0) is 16.4. The number of nitrogens with zero attached hydrogens (tertiary/aromatic N) is 2. The van der Waals surface area contributed by atoms with Crippen LogP contribution in [-0.4, -0.2) is 14.9 Å². The summed E-state index contributed by atoms with van der Waals surface area (Å²) in [5.41, 5.74) is 10.2. The van der Waals surface area contributed by atoms with Crippen molar-refractivity contribution in [2.75, 3.05) is 0 Å². The van der Waals surface area contributed by atoms with Crippen LogP contribution in [0.4, 0.5) is 0 Å². The van der Waals surface area contributed by atoms with Crippen molar-refractivity contribution in [3.63, 3.8) is 0 Å². The number of aromatic nitrogens is 2. The Labute approximate surface area is 130 Å². The van der Waals surface area contributed by atoms with Crippen LogP contribution in [0.25, 0.3) is 11.1 Å². The Hall–Kier alpha value is -2.14. The molecule has 1 heterocycles. The van der Waals surface area contributed by atoms with Crippen molar-refractivity contribution in [3.8, 4) is 16.9 Å². The molecule has 2 aromatic rings. The molecule has 0 atom stereocenters. The van der Waals surface area contributed by atoms with Crippen LogP contribution >= 0.6 is 0 Å². The standard InChI is InChI=1S/C17H23N3O2/c1-5-12-7-11(9-18)8-13(6-2)14(12)15-16(21)10(3)19-20(4)17(15)22/h7-8,21H,5-6,9,18H2,1-4H3. The lowest BCUT2D eigenvalue weighted by Gasteiger charge is -2.17. The van der Waals surface area contributed by atoms with E-state index < -0.39 is 0 Å². The highest BCUT2D eigenvalue weighted by atomic mass is 16.3. The molecular weight excluding hydrogens is 278 g/mol. The molecule has 0 saturated heterocycles. The minimum atomic E-state index is -0.284. The molecule has 0 amide bonds. The average Bonchev–Trinajstić information content (AvgIpc) is 2.52. The number of hydrogen-bond acceptors (Lipinski definition) is 4.